The fourth-order valence-corrected chi connectivity index (χ4v) is 3.84. The topological polar surface area (TPSA) is 70.2 Å². The van der Waals surface area contributed by atoms with E-state index in [1.807, 2.05) is 48.5 Å². The zero-order valence-electron chi connectivity index (χ0n) is 16.9. The second-order valence-corrected chi connectivity index (χ2v) is 7.94. The van der Waals surface area contributed by atoms with Crippen molar-refractivity contribution in [2.45, 2.75) is 25.3 Å². The van der Waals surface area contributed by atoms with Crippen LogP contribution in [-0.4, -0.2) is 42.3 Å². The third-order valence-corrected chi connectivity index (χ3v) is 5.68. The highest BCUT2D eigenvalue weighted by atomic mass is 35.5. The van der Waals surface area contributed by atoms with E-state index in [1.54, 1.807) is 7.11 Å². The minimum absolute atomic E-state index is 0.0587. The summed E-state index contributed by atoms with van der Waals surface area (Å²) in [6.45, 7) is 1.72. The molecule has 3 aromatic rings. The van der Waals surface area contributed by atoms with Crippen LogP contribution in [0.1, 0.15) is 18.4 Å². The van der Waals surface area contributed by atoms with Gasteiger partial charge in [-0.25, -0.2) is 0 Å². The minimum atomic E-state index is 0.0587. The van der Waals surface area contributed by atoms with Gasteiger partial charge in [0.15, 0.2) is 5.82 Å². The molecule has 156 valence electrons. The molecule has 0 aliphatic carbocycles. The van der Waals surface area contributed by atoms with E-state index in [1.165, 1.54) is 0 Å². The number of nitrogens with zero attached hydrogens (tertiary/aromatic N) is 2. The van der Waals surface area contributed by atoms with E-state index < -0.39 is 0 Å². The van der Waals surface area contributed by atoms with Crippen LogP contribution in [0.2, 0.25) is 5.02 Å². The maximum atomic E-state index is 12.4. The number of rotatable bonds is 6. The van der Waals surface area contributed by atoms with Crippen LogP contribution in [0.25, 0.3) is 11.3 Å². The summed E-state index contributed by atoms with van der Waals surface area (Å²) >= 11 is 5.96. The number of ether oxygens (including phenoxy) is 1. The Balaban J connectivity index is 1.27. The summed E-state index contributed by atoms with van der Waals surface area (Å²) in [5, 5.41) is 11.5. The van der Waals surface area contributed by atoms with Crippen LogP contribution in [0.4, 0.5) is 5.82 Å². The first kappa shape index (κ1) is 20.3. The van der Waals surface area contributed by atoms with Gasteiger partial charge in [-0.2, -0.15) is 5.10 Å². The SMILES string of the molecule is COc1ccc(CC(=O)NC2CCN(c3cc(-c4ccc(Cl)cc4)[nH]n3)CC2)cc1. The van der Waals surface area contributed by atoms with E-state index in [2.05, 4.69) is 26.5 Å². The van der Waals surface area contributed by atoms with E-state index in [4.69, 9.17) is 16.3 Å². The number of anilines is 1. The molecule has 30 heavy (non-hydrogen) atoms. The Hall–Kier alpha value is -2.99. The van der Waals surface area contributed by atoms with Crippen molar-refractivity contribution in [3.8, 4) is 17.0 Å². The number of benzene rings is 2. The Morgan fingerprint density at radius 1 is 1.17 bits per heavy atom. The Labute approximate surface area is 181 Å². The number of aromatic amines is 1. The quantitative estimate of drug-likeness (QED) is 0.625. The van der Waals surface area contributed by atoms with Gasteiger partial charge in [0.25, 0.3) is 0 Å². The van der Waals surface area contributed by atoms with Crippen LogP contribution < -0.4 is 15.0 Å². The number of methoxy groups -OCH3 is 1. The van der Waals surface area contributed by atoms with Crippen molar-refractivity contribution < 1.29 is 9.53 Å². The van der Waals surface area contributed by atoms with Crippen LogP contribution in [0, 0.1) is 0 Å². The normalized spacial score (nSPS) is 14.5. The number of hydrogen-bond donors (Lipinski definition) is 2. The predicted octanol–water partition coefficient (Wildman–Crippen LogP) is 4.07. The molecule has 2 N–H and O–H groups in total. The first-order valence-corrected chi connectivity index (χ1v) is 10.5. The fourth-order valence-electron chi connectivity index (χ4n) is 3.71. The zero-order chi connectivity index (χ0) is 20.9. The van der Waals surface area contributed by atoms with E-state index in [9.17, 15) is 4.79 Å². The van der Waals surface area contributed by atoms with Crippen LogP contribution in [0.15, 0.2) is 54.6 Å². The van der Waals surface area contributed by atoms with Crippen molar-refractivity contribution in [1.82, 2.24) is 15.5 Å². The van der Waals surface area contributed by atoms with Crippen molar-refractivity contribution in [3.05, 3.63) is 65.2 Å². The number of hydrogen-bond acceptors (Lipinski definition) is 4. The summed E-state index contributed by atoms with van der Waals surface area (Å²) in [5.41, 5.74) is 3.01. The molecule has 1 fully saturated rings. The van der Waals surface area contributed by atoms with Crippen LogP contribution in [0.3, 0.4) is 0 Å². The Morgan fingerprint density at radius 2 is 1.87 bits per heavy atom. The van der Waals surface area contributed by atoms with Crippen molar-refractivity contribution in [3.63, 3.8) is 0 Å². The third kappa shape index (κ3) is 4.94. The van der Waals surface area contributed by atoms with Crippen LogP contribution in [0.5, 0.6) is 5.75 Å². The largest absolute Gasteiger partial charge is 0.497 e. The molecule has 0 atom stereocenters. The number of halogens is 1. The summed E-state index contributed by atoms with van der Waals surface area (Å²) in [5.74, 6) is 1.79. The molecule has 6 nitrogen and oxygen atoms in total. The molecule has 4 rings (SSSR count). The van der Waals surface area contributed by atoms with Crippen molar-refractivity contribution in [2.75, 3.05) is 25.1 Å². The fraction of sp³-hybridized carbons (Fsp3) is 0.304. The van der Waals surface area contributed by atoms with Crippen molar-refractivity contribution in [2.24, 2.45) is 0 Å². The number of carbonyl (C=O) groups is 1. The summed E-state index contributed by atoms with van der Waals surface area (Å²) in [4.78, 5) is 14.6. The molecule has 1 aromatic heterocycles. The number of nitrogens with one attached hydrogen (secondary N) is 2. The van der Waals surface area contributed by atoms with Gasteiger partial charge < -0.3 is 15.0 Å². The number of aromatic nitrogens is 2. The lowest BCUT2D eigenvalue weighted by Gasteiger charge is -2.32. The van der Waals surface area contributed by atoms with Gasteiger partial charge in [0.2, 0.25) is 5.91 Å². The first-order chi connectivity index (χ1) is 14.6. The van der Waals surface area contributed by atoms with Gasteiger partial charge in [-0.3, -0.25) is 9.89 Å². The average Bonchev–Trinajstić information content (AvgIpc) is 3.25. The summed E-state index contributed by atoms with van der Waals surface area (Å²) in [6, 6.07) is 17.6. The van der Waals surface area contributed by atoms with Gasteiger partial charge >= 0.3 is 0 Å². The van der Waals surface area contributed by atoms with Gasteiger partial charge in [-0.15, -0.1) is 0 Å². The highest BCUT2D eigenvalue weighted by Crippen LogP contribution is 2.25. The lowest BCUT2D eigenvalue weighted by atomic mass is 10.0. The Kier molecular flexibility index (Phi) is 6.23. The molecule has 7 heteroatoms. The minimum Gasteiger partial charge on any atom is -0.497 e. The molecular weight excluding hydrogens is 400 g/mol. The zero-order valence-corrected chi connectivity index (χ0v) is 17.7. The Morgan fingerprint density at radius 3 is 2.53 bits per heavy atom. The molecule has 1 saturated heterocycles. The second kappa shape index (κ2) is 9.22. The number of amides is 1. The summed E-state index contributed by atoms with van der Waals surface area (Å²) < 4.78 is 5.16. The van der Waals surface area contributed by atoms with Crippen molar-refractivity contribution >= 4 is 23.3 Å². The van der Waals surface area contributed by atoms with Crippen LogP contribution >= 0.6 is 11.6 Å². The lowest BCUT2D eigenvalue weighted by Crippen LogP contribution is -2.45. The molecule has 1 aliphatic rings. The highest BCUT2D eigenvalue weighted by Gasteiger charge is 2.22. The highest BCUT2D eigenvalue weighted by molar-refractivity contribution is 6.30. The molecule has 0 spiro atoms. The molecule has 0 bridgehead atoms. The molecule has 0 radical (unpaired) electrons. The van der Waals surface area contributed by atoms with E-state index in [0.717, 1.165) is 59.3 Å². The molecule has 1 amide bonds. The van der Waals surface area contributed by atoms with Crippen molar-refractivity contribution in [1.29, 1.82) is 0 Å². The number of piperidine rings is 1. The number of H-pyrrole nitrogens is 1. The van der Waals surface area contributed by atoms with E-state index in [0.29, 0.717) is 6.42 Å². The Bertz CT molecular complexity index is 977. The van der Waals surface area contributed by atoms with Crippen LogP contribution in [-0.2, 0) is 11.2 Å². The van der Waals surface area contributed by atoms with Gasteiger partial charge in [-0.05, 0) is 48.2 Å². The van der Waals surface area contributed by atoms with E-state index in [-0.39, 0.29) is 11.9 Å². The average molecular weight is 425 g/mol. The first-order valence-electron chi connectivity index (χ1n) is 10.1. The molecule has 0 saturated carbocycles. The predicted molar refractivity (Wildman–Crippen MR) is 119 cm³/mol. The monoisotopic (exact) mass is 424 g/mol. The maximum Gasteiger partial charge on any atom is 0.224 e. The van der Waals surface area contributed by atoms with Gasteiger partial charge in [-0.1, -0.05) is 35.9 Å². The molecular formula is C23H25ClN4O2. The standard InChI is InChI=1S/C23H25ClN4O2/c1-30-20-8-2-16(3-9-20)14-23(29)25-19-10-12-28(13-11-19)22-15-21(26-27-22)17-4-6-18(24)7-5-17/h2-9,15,19H,10-14H2,1H3,(H,25,29)(H,26,27). The summed E-state index contributed by atoms with van der Waals surface area (Å²) in [7, 11) is 1.63. The number of carbonyl (C=O) groups excluding carboxylic acids is 1. The van der Waals surface area contributed by atoms with Gasteiger partial charge in [0.05, 0.1) is 19.2 Å². The van der Waals surface area contributed by atoms with Gasteiger partial charge in [0.1, 0.15) is 5.75 Å². The van der Waals surface area contributed by atoms with E-state index >= 15 is 0 Å². The molecule has 2 heterocycles. The molecule has 1 aliphatic heterocycles. The molecule has 2 aromatic carbocycles. The molecule has 0 unspecified atom stereocenters. The smallest absolute Gasteiger partial charge is 0.224 e. The summed E-state index contributed by atoms with van der Waals surface area (Å²) in [6.07, 6.45) is 2.18. The third-order valence-electron chi connectivity index (χ3n) is 5.43. The lowest BCUT2D eigenvalue weighted by molar-refractivity contribution is -0.121. The second-order valence-electron chi connectivity index (χ2n) is 7.50. The van der Waals surface area contributed by atoms with Gasteiger partial charge in [0, 0.05) is 30.2 Å². The maximum absolute atomic E-state index is 12.4.